The van der Waals surface area contributed by atoms with Crippen LogP contribution in [0.1, 0.15) is 30.6 Å². The van der Waals surface area contributed by atoms with Gasteiger partial charge in [-0.05, 0) is 26.9 Å². The molecule has 1 saturated carbocycles. The molecule has 2 fully saturated rings. The lowest BCUT2D eigenvalue weighted by Gasteiger charge is -2.35. The molecule has 1 aliphatic carbocycles. The lowest BCUT2D eigenvalue weighted by Crippen LogP contribution is -2.45. The Morgan fingerprint density at radius 2 is 2.16 bits per heavy atom. The fourth-order valence-electron chi connectivity index (χ4n) is 2.46. The van der Waals surface area contributed by atoms with Crippen LogP contribution in [0.15, 0.2) is 4.52 Å². The van der Waals surface area contributed by atoms with Crippen molar-refractivity contribution in [2.75, 3.05) is 33.7 Å². The Morgan fingerprint density at radius 3 is 2.89 bits per heavy atom. The molecule has 0 N–H and O–H groups in total. The van der Waals surface area contributed by atoms with E-state index >= 15 is 0 Å². The molecule has 0 radical (unpaired) electrons. The van der Waals surface area contributed by atoms with Gasteiger partial charge in [0.05, 0.1) is 12.5 Å². The summed E-state index contributed by atoms with van der Waals surface area (Å²) in [5, 5.41) is 4.05. The average molecular weight is 264 g/mol. The molecule has 0 amide bonds. The van der Waals surface area contributed by atoms with Crippen LogP contribution in [0, 0.1) is 5.92 Å². The second-order valence-corrected chi connectivity index (χ2v) is 5.72. The van der Waals surface area contributed by atoms with Gasteiger partial charge in [-0.15, -0.1) is 0 Å². The van der Waals surface area contributed by atoms with Gasteiger partial charge in [0.1, 0.15) is 5.78 Å². The first-order chi connectivity index (χ1) is 9.13. The molecule has 6 heteroatoms. The summed E-state index contributed by atoms with van der Waals surface area (Å²) in [6.45, 7) is 2.94. The SMILES string of the molecule is CN1CCN(C)C(c2noc(CC(=O)C3CC3)n2)C1. The van der Waals surface area contributed by atoms with E-state index in [1.807, 2.05) is 0 Å². The molecule has 0 spiro atoms. The molecule has 1 saturated heterocycles. The van der Waals surface area contributed by atoms with Gasteiger partial charge >= 0.3 is 0 Å². The fraction of sp³-hybridized carbons (Fsp3) is 0.769. The molecule has 1 aromatic heterocycles. The van der Waals surface area contributed by atoms with Gasteiger partial charge in [0.2, 0.25) is 5.89 Å². The lowest BCUT2D eigenvalue weighted by atomic mass is 10.1. The highest BCUT2D eigenvalue weighted by molar-refractivity contribution is 5.84. The number of nitrogens with zero attached hydrogens (tertiary/aromatic N) is 4. The molecule has 0 aromatic carbocycles. The molecular weight excluding hydrogens is 244 g/mol. The van der Waals surface area contributed by atoms with E-state index in [4.69, 9.17) is 4.52 Å². The van der Waals surface area contributed by atoms with Gasteiger partial charge in [-0.25, -0.2) is 0 Å². The highest BCUT2D eigenvalue weighted by Gasteiger charge is 2.32. The zero-order chi connectivity index (χ0) is 13.4. The third-order valence-corrected chi connectivity index (χ3v) is 3.99. The monoisotopic (exact) mass is 264 g/mol. The van der Waals surface area contributed by atoms with Crippen LogP contribution in [-0.4, -0.2) is 59.5 Å². The maximum absolute atomic E-state index is 11.7. The number of carbonyl (C=O) groups excluding carboxylic acids is 1. The minimum atomic E-state index is 0.160. The van der Waals surface area contributed by atoms with Gasteiger partial charge in [0, 0.05) is 25.6 Å². The molecule has 1 aromatic rings. The van der Waals surface area contributed by atoms with Crippen molar-refractivity contribution >= 4 is 5.78 Å². The predicted molar refractivity (Wildman–Crippen MR) is 68.6 cm³/mol. The number of rotatable bonds is 4. The van der Waals surface area contributed by atoms with Crippen molar-refractivity contribution in [3.8, 4) is 0 Å². The van der Waals surface area contributed by atoms with Gasteiger partial charge in [0.25, 0.3) is 0 Å². The van der Waals surface area contributed by atoms with E-state index in [9.17, 15) is 4.79 Å². The normalized spacial score (nSPS) is 25.7. The van der Waals surface area contributed by atoms with Gasteiger partial charge in [0.15, 0.2) is 5.82 Å². The Labute approximate surface area is 112 Å². The number of ketones is 1. The Morgan fingerprint density at radius 1 is 1.37 bits per heavy atom. The number of piperazine rings is 1. The summed E-state index contributed by atoms with van der Waals surface area (Å²) >= 11 is 0. The van der Waals surface area contributed by atoms with Crippen LogP contribution in [0.2, 0.25) is 0 Å². The van der Waals surface area contributed by atoms with Crippen molar-refractivity contribution in [2.45, 2.75) is 25.3 Å². The molecule has 3 rings (SSSR count). The van der Waals surface area contributed by atoms with E-state index in [1.165, 1.54) is 0 Å². The summed E-state index contributed by atoms with van der Waals surface area (Å²) in [5.74, 6) is 1.66. The molecule has 2 aliphatic rings. The quantitative estimate of drug-likeness (QED) is 0.789. The van der Waals surface area contributed by atoms with E-state index in [2.05, 4.69) is 34.0 Å². The van der Waals surface area contributed by atoms with E-state index in [0.717, 1.165) is 32.5 Å². The van der Waals surface area contributed by atoms with Gasteiger partial charge in [-0.3, -0.25) is 9.69 Å². The zero-order valence-corrected chi connectivity index (χ0v) is 11.5. The molecule has 6 nitrogen and oxygen atoms in total. The summed E-state index contributed by atoms with van der Waals surface area (Å²) in [6, 6.07) is 0.160. The molecule has 19 heavy (non-hydrogen) atoms. The molecule has 104 valence electrons. The predicted octanol–water partition coefficient (Wildman–Crippen LogP) is 0.509. The first-order valence-electron chi connectivity index (χ1n) is 6.87. The summed E-state index contributed by atoms with van der Waals surface area (Å²) in [5.41, 5.74) is 0. The van der Waals surface area contributed by atoms with Crippen LogP contribution in [0.4, 0.5) is 0 Å². The molecule has 1 unspecified atom stereocenters. The summed E-state index contributed by atoms with van der Waals surface area (Å²) < 4.78 is 5.22. The number of carbonyl (C=O) groups is 1. The first kappa shape index (κ1) is 12.7. The van der Waals surface area contributed by atoms with Crippen molar-refractivity contribution in [2.24, 2.45) is 5.92 Å². The Balaban J connectivity index is 1.67. The minimum Gasteiger partial charge on any atom is -0.339 e. The molecule has 2 heterocycles. The maximum atomic E-state index is 11.7. The second kappa shape index (κ2) is 5.02. The van der Waals surface area contributed by atoms with Crippen LogP contribution in [0.5, 0.6) is 0 Å². The number of hydrogen-bond donors (Lipinski definition) is 0. The van der Waals surface area contributed by atoms with Crippen molar-refractivity contribution < 1.29 is 9.32 Å². The first-order valence-corrected chi connectivity index (χ1v) is 6.87. The number of Topliss-reactive ketones (excluding diaryl/α,β-unsaturated/α-hetero) is 1. The Hall–Kier alpha value is -1.27. The number of likely N-dealkylation sites (N-methyl/N-ethyl adjacent to an activating group) is 2. The van der Waals surface area contributed by atoms with Crippen LogP contribution in [-0.2, 0) is 11.2 Å². The molecule has 1 aliphatic heterocycles. The Kier molecular flexibility index (Phi) is 3.36. The second-order valence-electron chi connectivity index (χ2n) is 5.72. The molecule has 0 bridgehead atoms. The number of hydrogen-bond acceptors (Lipinski definition) is 6. The fourth-order valence-corrected chi connectivity index (χ4v) is 2.46. The zero-order valence-electron chi connectivity index (χ0n) is 11.5. The average Bonchev–Trinajstić information content (AvgIpc) is 3.14. The van der Waals surface area contributed by atoms with Crippen molar-refractivity contribution in [3.63, 3.8) is 0 Å². The van der Waals surface area contributed by atoms with E-state index in [0.29, 0.717) is 18.1 Å². The van der Waals surface area contributed by atoms with Crippen molar-refractivity contribution in [1.29, 1.82) is 0 Å². The largest absolute Gasteiger partial charge is 0.339 e. The summed E-state index contributed by atoms with van der Waals surface area (Å²) in [4.78, 5) is 20.6. The smallest absolute Gasteiger partial charge is 0.234 e. The van der Waals surface area contributed by atoms with Crippen LogP contribution < -0.4 is 0 Å². The topological polar surface area (TPSA) is 62.5 Å². The van der Waals surface area contributed by atoms with Crippen LogP contribution >= 0.6 is 0 Å². The standard InChI is InChI=1S/C13H20N4O2/c1-16-5-6-17(2)10(8-16)13-14-12(19-15-13)7-11(18)9-3-4-9/h9-10H,3-8H2,1-2H3. The van der Waals surface area contributed by atoms with Crippen LogP contribution in [0.25, 0.3) is 0 Å². The minimum absolute atomic E-state index is 0.160. The van der Waals surface area contributed by atoms with E-state index in [-0.39, 0.29) is 17.7 Å². The van der Waals surface area contributed by atoms with Crippen molar-refractivity contribution in [3.05, 3.63) is 11.7 Å². The molecule has 1 atom stereocenters. The highest BCUT2D eigenvalue weighted by Crippen LogP contribution is 2.31. The summed E-state index contributed by atoms with van der Waals surface area (Å²) in [6.07, 6.45) is 2.34. The Bertz CT molecular complexity index is 469. The van der Waals surface area contributed by atoms with Gasteiger partial charge in [-0.2, -0.15) is 4.98 Å². The van der Waals surface area contributed by atoms with Crippen molar-refractivity contribution in [1.82, 2.24) is 19.9 Å². The maximum Gasteiger partial charge on any atom is 0.234 e. The van der Waals surface area contributed by atoms with Gasteiger partial charge < -0.3 is 9.42 Å². The third kappa shape index (κ3) is 2.84. The van der Waals surface area contributed by atoms with Gasteiger partial charge in [-0.1, -0.05) is 5.16 Å². The lowest BCUT2D eigenvalue weighted by molar-refractivity contribution is -0.119. The number of aromatic nitrogens is 2. The van der Waals surface area contributed by atoms with E-state index in [1.54, 1.807) is 0 Å². The van der Waals surface area contributed by atoms with Crippen LogP contribution in [0.3, 0.4) is 0 Å². The molecular formula is C13H20N4O2. The highest BCUT2D eigenvalue weighted by atomic mass is 16.5. The summed E-state index contributed by atoms with van der Waals surface area (Å²) in [7, 11) is 4.17. The third-order valence-electron chi connectivity index (χ3n) is 3.99. The van der Waals surface area contributed by atoms with E-state index < -0.39 is 0 Å².